The van der Waals surface area contributed by atoms with E-state index in [2.05, 4.69) is 16.7 Å². The summed E-state index contributed by atoms with van der Waals surface area (Å²) in [5.74, 6) is -0.181. The molecule has 156 valence electrons. The van der Waals surface area contributed by atoms with Crippen molar-refractivity contribution in [3.8, 4) is 0 Å². The van der Waals surface area contributed by atoms with E-state index < -0.39 is 10.0 Å². The minimum atomic E-state index is -3.52. The number of nitrogens with zero attached hydrogens (tertiary/aromatic N) is 1. The molecule has 1 aromatic rings. The molecule has 2 N–H and O–H groups in total. The molecule has 3 rings (SSSR count). The second-order valence-electron chi connectivity index (χ2n) is 7.34. The second-order valence-corrected chi connectivity index (χ2v) is 9.33. The molecule has 0 saturated heterocycles. The number of rotatable bonds is 6. The highest BCUT2D eigenvalue weighted by Gasteiger charge is 2.29. The molecule has 1 aromatic carbocycles. The Balaban J connectivity index is 0.00000280. The molecule has 0 bridgehead atoms. The highest BCUT2D eigenvalue weighted by Crippen LogP contribution is 2.26. The minimum absolute atomic E-state index is 0. The predicted molar refractivity (Wildman–Crippen MR) is 113 cm³/mol. The maximum Gasteiger partial charge on any atom is 0.251 e. The number of carbonyl (C=O) groups is 1. The van der Waals surface area contributed by atoms with E-state index in [1.165, 1.54) is 28.4 Å². The lowest BCUT2D eigenvalue weighted by molar-refractivity contribution is 0.0956. The number of benzene rings is 1. The largest absolute Gasteiger partial charge is 0.348 e. The molecular formula is C20H30ClN3O3S. The molecular weight excluding hydrogens is 398 g/mol. The number of halogens is 1. The lowest BCUT2D eigenvalue weighted by atomic mass is 9.96. The van der Waals surface area contributed by atoms with Crippen molar-refractivity contribution in [1.82, 2.24) is 14.9 Å². The number of sulfonamides is 1. The fourth-order valence-corrected chi connectivity index (χ4v) is 5.13. The maximum atomic E-state index is 12.9. The van der Waals surface area contributed by atoms with Crippen LogP contribution in [-0.4, -0.2) is 51.4 Å². The van der Waals surface area contributed by atoms with Gasteiger partial charge >= 0.3 is 0 Å². The predicted octanol–water partition coefficient (Wildman–Crippen LogP) is 2.71. The lowest BCUT2D eigenvalue weighted by Gasteiger charge is -2.30. The van der Waals surface area contributed by atoms with Crippen molar-refractivity contribution >= 4 is 28.3 Å². The Morgan fingerprint density at radius 2 is 1.86 bits per heavy atom. The first-order chi connectivity index (χ1) is 13.0. The molecule has 28 heavy (non-hydrogen) atoms. The Hall–Kier alpha value is -1.41. The van der Waals surface area contributed by atoms with Gasteiger partial charge in [-0.15, -0.1) is 12.4 Å². The van der Waals surface area contributed by atoms with Crippen molar-refractivity contribution in [3.63, 3.8) is 0 Å². The third-order valence-corrected chi connectivity index (χ3v) is 7.44. The quantitative estimate of drug-likeness (QED) is 0.684. The van der Waals surface area contributed by atoms with E-state index >= 15 is 0 Å². The minimum Gasteiger partial charge on any atom is -0.348 e. The van der Waals surface area contributed by atoms with E-state index in [0.717, 1.165) is 45.2 Å². The van der Waals surface area contributed by atoms with Crippen LogP contribution in [0.1, 0.15) is 48.9 Å². The van der Waals surface area contributed by atoms with Crippen molar-refractivity contribution in [1.29, 1.82) is 0 Å². The molecule has 1 aliphatic heterocycles. The number of hydrogen-bond acceptors (Lipinski definition) is 4. The van der Waals surface area contributed by atoms with Crippen LogP contribution in [0.3, 0.4) is 0 Å². The van der Waals surface area contributed by atoms with E-state index in [1.807, 2.05) is 0 Å². The van der Waals surface area contributed by atoms with E-state index in [4.69, 9.17) is 0 Å². The second kappa shape index (κ2) is 10.4. The monoisotopic (exact) mass is 427 g/mol. The van der Waals surface area contributed by atoms with Crippen molar-refractivity contribution in [2.75, 3.05) is 26.7 Å². The molecule has 8 heteroatoms. The fraction of sp³-hybridized carbons (Fsp3) is 0.550. The van der Waals surface area contributed by atoms with E-state index in [9.17, 15) is 13.2 Å². The molecule has 1 heterocycles. The summed E-state index contributed by atoms with van der Waals surface area (Å²) in [4.78, 5) is 12.6. The average Bonchev–Trinajstić information content (AvgIpc) is 2.73. The number of nitrogens with one attached hydrogen (secondary N) is 2. The van der Waals surface area contributed by atoms with E-state index in [0.29, 0.717) is 12.1 Å². The van der Waals surface area contributed by atoms with Gasteiger partial charge in [0.05, 0.1) is 4.90 Å². The molecule has 1 saturated carbocycles. The zero-order valence-electron chi connectivity index (χ0n) is 16.3. The third kappa shape index (κ3) is 5.56. The number of carbonyl (C=O) groups excluding carboxylic acids is 1. The van der Waals surface area contributed by atoms with Crippen LogP contribution in [0.2, 0.25) is 0 Å². The average molecular weight is 428 g/mol. The lowest BCUT2D eigenvalue weighted by Crippen LogP contribution is -2.38. The van der Waals surface area contributed by atoms with Crippen LogP contribution < -0.4 is 10.6 Å². The standard InChI is InChI=1S/C20H29N3O3S.ClH/c1-23(18-5-3-2-4-6-18)27(25,26)19-9-7-17(8-10-19)20(24)22-15-16-11-13-21-14-12-16;/h7-11,18,21H,2-6,12-15H2,1H3,(H,22,24);1H. The van der Waals surface area contributed by atoms with Gasteiger partial charge in [-0.25, -0.2) is 8.42 Å². The van der Waals surface area contributed by atoms with Crippen LogP contribution in [0, 0.1) is 0 Å². The van der Waals surface area contributed by atoms with Gasteiger partial charge in [-0.3, -0.25) is 4.79 Å². The van der Waals surface area contributed by atoms with Crippen LogP contribution in [0.5, 0.6) is 0 Å². The first-order valence-corrected chi connectivity index (χ1v) is 11.2. The van der Waals surface area contributed by atoms with Gasteiger partial charge in [0.15, 0.2) is 0 Å². The Morgan fingerprint density at radius 3 is 2.46 bits per heavy atom. The summed E-state index contributed by atoms with van der Waals surface area (Å²) >= 11 is 0. The Kier molecular flexibility index (Phi) is 8.49. The smallest absolute Gasteiger partial charge is 0.251 e. The molecule has 0 atom stereocenters. The first-order valence-electron chi connectivity index (χ1n) is 9.73. The summed E-state index contributed by atoms with van der Waals surface area (Å²) in [6.07, 6.45) is 8.21. The van der Waals surface area contributed by atoms with Gasteiger partial charge < -0.3 is 10.6 Å². The molecule has 2 aliphatic rings. The zero-order chi connectivity index (χ0) is 19.3. The van der Waals surface area contributed by atoms with Gasteiger partial charge in [0.2, 0.25) is 10.0 Å². The van der Waals surface area contributed by atoms with Crippen LogP contribution in [0.4, 0.5) is 0 Å². The SMILES string of the molecule is CN(C1CCCCC1)S(=O)(=O)c1ccc(C(=O)NCC2=CCNCC2)cc1.Cl. The van der Waals surface area contributed by atoms with Crippen molar-refractivity contribution < 1.29 is 13.2 Å². The fourth-order valence-electron chi connectivity index (χ4n) is 3.71. The normalized spacial score (nSPS) is 18.3. The molecule has 0 spiro atoms. The highest BCUT2D eigenvalue weighted by atomic mass is 35.5. The van der Waals surface area contributed by atoms with Gasteiger partial charge in [0.25, 0.3) is 5.91 Å². The molecule has 1 aliphatic carbocycles. The Bertz CT molecular complexity index is 787. The molecule has 0 radical (unpaired) electrons. The summed E-state index contributed by atoms with van der Waals surface area (Å²) in [5, 5.41) is 6.14. The van der Waals surface area contributed by atoms with E-state index in [-0.39, 0.29) is 29.3 Å². The van der Waals surface area contributed by atoms with Gasteiger partial charge in [-0.1, -0.05) is 30.9 Å². The highest BCUT2D eigenvalue weighted by molar-refractivity contribution is 7.89. The van der Waals surface area contributed by atoms with Crippen molar-refractivity contribution in [2.24, 2.45) is 0 Å². The summed E-state index contributed by atoms with van der Waals surface area (Å²) in [5.41, 5.74) is 1.69. The first kappa shape index (κ1) is 22.9. The molecule has 0 aromatic heterocycles. The van der Waals surface area contributed by atoms with Crippen molar-refractivity contribution in [2.45, 2.75) is 49.5 Å². The molecule has 6 nitrogen and oxygen atoms in total. The van der Waals surface area contributed by atoms with Crippen LogP contribution >= 0.6 is 12.4 Å². The summed E-state index contributed by atoms with van der Waals surface area (Å²) < 4.78 is 27.2. The summed E-state index contributed by atoms with van der Waals surface area (Å²) in [6, 6.07) is 6.33. The zero-order valence-corrected chi connectivity index (χ0v) is 17.9. The summed E-state index contributed by atoms with van der Waals surface area (Å²) in [6.45, 7) is 2.31. The Labute approximate surface area is 174 Å². The molecule has 1 fully saturated rings. The van der Waals surface area contributed by atoms with Crippen LogP contribution in [0.25, 0.3) is 0 Å². The van der Waals surface area contributed by atoms with Crippen LogP contribution in [0.15, 0.2) is 40.8 Å². The third-order valence-electron chi connectivity index (χ3n) is 5.52. The van der Waals surface area contributed by atoms with Gasteiger partial charge in [-0.05, 0) is 50.1 Å². The molecule has 1 amide bonds. The van der Waals surface area contributed by atoms with Gasteiger partial charge in [-0.2, -0.15) is 4.31 Å². The Morgan fingerprint density at radius 1 is 1.18 bits per heavy atom. The topological polar surface area (TPSA) is 78.5 Å². The van der Waals surface area contributed by atoms with Crippen molar-refractivity contribution in [3.05, 3.63) is 41.5 Å². The van der Waals surface area contributed by atoms with Crippen LogP contribution in [-0.2, 0) is 10.0 Å². The molecule has 0 unspecified atom stereocenters. The van der Waals surface area contributed by atoms with Gasteiger partial charge in [0, 0.05) is 31.7 Å². The van der Waals surface area contributed by atoms with E-state index in [1.54, 1.807) is 19.2 Å². The number of hydrogen-bond donors (Lipinski definition) is 2. The maximum absolute atomic E-state index is 12.9. The van der Waals surface area contributed by atoms with Gasteiger partial charge in [0.1, 0.15) is 0 Å². The summed E-state index contributed by atoms with van der Waals surface area (Å²) in [7, 11) is -1.86. The number of amides is 1.